The number of fused-ring (bicyclic) bond motifs is 1. The normalized spacial score (nSPS) is 18.3. The number of rotatable bonds is 4. The topological polar surface area (TPSA) is 49.4 Å². The average Bonchev–Trinajstić information content (AvgIpc) is 2.74. The molecule has 4 rings (SSSR count). The van der Waals surface area contributed by atoms with Crippen LogP contribution in [0.25, 0.3) is 0 Å². The fourth-order valence-electron chi connectivity index (χ4n) is 3.81. The first kappa shape index (κ1) is 19.2. The fourth-order valence-corrected chi connectivity index (χ4v) is 3.94. The highest BCUT2D eigenvalue weighted by molar-refractivity contribution is 6.30. The molecule has 1 unspecified atom stereocenters. The summed E-state index contributed by atoms with van der Waals surface area (Å²) in [6.45, 7) is 2.19. The molecule has 1 heterocycles. The van der Waals surface area contributed by atoms with Gasteiger partial charge in [-0.2, -0.15) is 0 Å². The van der Waals surface area contributed by atoms with E-state index in [-0.39, 0.29) is 11.8 Å². The van der Waals surface area contributed by atoms with Gasteiger partial charge in [-0.1, -0.05) is 60.1 Å². The zero-order valence-corrected chi connectivity index (χ0v) is 16.8. The lowest BCUT2D eigenvalue weighted by Crippen LogP contribution is -2.63. The molecular formula is C24H21ClN2O2. The Balaban J connectivity index is 1.68. The van der Waals surface area contributed by atoms with Crippen LogP contribution in [0.5, 0.6) is 0 Å². The van der Waals surface area contributed by atoms with Gasteiger partial charge in [0.05, 0.1) is 0 Å². The molecule has 3 aromatic carbocycles. The molecule has 0 spiro atoms. The van der Waals surface area contributed by atoms with Gasteiger partial charge < -0.3 is 5.32 Å². The first-order chi connectivity index (χ1) is 14.0. The second-order valence-corrected chi connectivity index (χ2v) is 7.83. The zero-order valence-electron chi connectivity index (χ0n) is 16.1. The molecule has 0 radical (unpaired) electrons. The van der Waals surface area contributed by atoms with E-state index in [0.29, 0.717) is 29.2 Å². The van der Waals surface area contributed by atoms with E-state index in [9.17, 15) is 9.59 Å². The Kier molecular flexibility index (Phi) is 5.12. The van der Waals surface area contributed by atoms with Gasteiger partial charge in [-0.15, -0.1) is 0 Å². The summed E-state index contributed by atoms with van der Waals surface area (Å²) in [7, 11) is 0. The van der Waals surface area contributed by atoms with Crippen LogP contribution >= 0.6 is 11.6 Å². The number of nitrogens with zero attached hydrogens (tertiary/aromatic N) is 1. The Labute approximate surface area is 175 Å². The third kappa shape index (κ3) is 3.64. The Hall–Kier alpha value is -3.11. The highest BCUT2D eigenvalue weighted by Gasteiger charge is 2.47. The van der Waals surface area contributed by atoms with Crippen molar-refractivity contribution in [2.45, 2.75) is 25.4 Å². The Bertz CT molecular complexity index is 1050. The summed E-state index contributed by atoms with van der Waals surface area (Å²) in [5.41, 5.74) is 2.13. The van der Waals surface area contributed by atoms with Crippen LogP contribution in [-0.4, -0.2) is 17.4 Å². The molecule has 5 heteroatoms. The molecule has 29 heavy (non-hydrogen) atoms. The molecule has 4 nitrogen and oxygen atoms in total. The molecule has 0 aliphatic carbocycles. The SMILES string of the molecule is CC1(C(=O)NCc2ccc(Cl)cc2)Cc2ccccc2C(=O)N1c1ccccc1. The third-order valence-corrected chi connectivity index (χ3v) is 5.60. The highest BCUT2D eigenvalue weighted by atomic mass is 35.5. The van der Waals surface area contributed by atoms with E-state index in [2.05, 4.69) is 5.32 Å². The van der Waals surface area contributed by atoms with Crippen LogP contribution in [0.4, 0.5) is 5.69 Å². The molecular weight excluding hydrogens is 384 g/mol. The number of hydrogen-bond donors (Lipinski definition) is 1. The van der Waals surface area contributed by atoms with Crippen molar-refractivity contribution in [2.75, 3.05) is 4.90 Å². The van der Waals surface area contributed by atoms with Gasteiger partial charge in [0.25, 0.3) is 5.91 Å². The van der Waals surface area contributed by atoms with Crippen LogP contribution in [0.3, 0.4) is 0 Å². The number of benzene rings is 3. The Morgan fingerprint density at radius 2 is 1.66 bits per heavy atom. The van der Waals surface area contributed by atoms with Gasteiger partial charge in [-0.3, -0.25) is 14.5 Å². The Morgan fingerprint density at radius 3 is 2.38 bits per heavy atom. The quantitative estimate of drug-likeness (QED) is 0.689. The summed E-state index contributed by atoms with van der Waals surface area (Å²) in [6.07, 6.45) is 0.441. The van der Waals surface area contributed by atoms with Gasteiger partial charge in [0.15, 0.2) is 0 Å². The second-order valence-electron chi connectivity index (χ2n) is 7.39. The molecule has 0 aromatic heterocycles. The number of amides is 2. The molecule has 0 bridgehead atoms. The molecule has 1 atom stereocenters. The second kappa shape index (κ2) is 7.72. The Morgan fingerprint density at radius 1 is 1.00 bits per heavy atom. The summed E-state index contributed by atoms with van der Waals surface area (Å²) >= 11 is 5.94. The van der Waals surface area contributed by atoms with Gasteiger partial charge in [0, 0.05) is 29.2 Å². The van der Waals surface area contributed by atoms with Crippen molar-refractivity contribution >= 4 is 29.1 Å². The predicted molar refractivity (Wildman–Crippen MR) is 115 cm³/mol. The molecule has 146 valence electrons. The molecule has 1 aliphatic heterocycles. The minimum absolute atomic E-state index is 0.165. The number of anilines is 1. The minimum atomic E-state index is -1.04. The number of nitrogens with one attached hydrogen (secondary N) is 1. The van der Waals surface area contributed by atoms with Crippen LogP contribution < -0.4 is 10.2 Å². The average molecular weight is 405 g/mol. The number of carbonyl (C=O) groups is 2. The van der Waals surface area contributed by atoms with Crippen molar-refractivity contribution in [1.29, 1.82) is 0 Å². The summed E-state index contributed by atoms with van der Waals surface area (Å²) in [5.74, 6) is -0.360. The van der Waals surface area contributed by atoms with E-state index < -0.39 is 5.54 Å². The van der Waals surface area contributed by atoms with E-state index in [1.54, 1.807) is 17.0 Å². The number of para-hydroxylation sites is 1. The van der Waals surface area contributed by atoms with E-state index in [4.69, 9.17) is 11.6 Å². The zero-order chi connectivity index (χ0) is 20.4. The third-order valence-electron chi connectivity index (χ3n) is 5.35. The van der Waals surface area contributed by atoms with Gasteiger partial charge in [0.2, 0.25) is 5.91 Å². The number of hydrogen-bond acceptors (Lipinski definition) is 2. The van der Waals surface area contributed by atoms with Crippen molar-refractivity contribution in [1.82, 2.24) is 5.32 Å². The summed E-state index contributed by atoms with van der Waals surface area (Å²) < 4.78 is 0. The van der Waals surface area contributed by atoms with Gasteiger partial charge >= 0.3 is 0 Å². The molecule has 1 aliphatic rings. The molecule has 0 fully saturated rings. The van der Waals surface area contributed by atoms with Crippen molar-refractivity contribution in [2.24, 2.45) is 0 Å². The first-order valence-corrected chi connectivity index (χ1v) is 9.87. The van der Waals surface area contributed by atoms with Crippen LogP contribution in [0.15, 0.2) is 78.9 Å². The van der Waals surface area contributed by atoms with E-state index in [1.807, 2.05) is 73.7 Å². The summed E-state index contributed by atoms with van der Waals surface area (Å²) in [4.78, 5) is 28.4. The van der Waals surface area contributed by atoms with E-state index in [1.165, 1.54) is 0 Å². The van der Waals surface area contributed by atoms with E-state index >= 15 is 0 Å². The van der Waals surface area contributed by atoms with E-state index in [0.717, 1.165) is 11.1 Å². The maximum Gasteiger partial charge on any atom is 0.259 e. The maximum absolute atomic E-state index is 13.4. The molecule has 0 saturated carbocycles. The lowest BCUT2D eigenvalue weighted by molar-refractivity contribution is -0.126. The molecule has 2 amide bonds. The maximum atomic E-state index is 13.4. The first-order valence-electron chi connectivity index (χ1n) is 9.49. The lowest BCUT2D eigenvalue weighted by atomic mass is 9.82. The monoisotopic (exact) mass is 404 g/mol. The molecule has 1 N–H and O–H groups in total. The van der Waals surface area contributed by atoms with Gasteiger partial charge in [0.1, 0.15) is 5.54 Å². The van der Waals surface area contributed by atoms with Crippen molar-refractivity contribution < 1.29 is 9.59 Å². The minimum Gasteiger partial charge on any atom is -0.350 e. The largest absolute Gasteiger partial charge is 0.350 e. The van der Waals surface area contributed by atoms with Crippen LogP contribution in [0.2, 0.25) is 5.02 Å². The van der Waals surface area contributed by atoms with Gasteiger partial charge in [-0.05, 0) is 48.4 Å². The predicted octanol–water partition coefficient (Wildman–Crippen LogP) is 4.62. The standard InChI is InChI=1S/C24H21ClN2O2/c1-24(23(29)26-16-17-11-13-19(25)14-12-17)15-18-7-5-6-10-21(18)22(28)27(24)20-8-3-2-4-9-20/h2-14H,15-16H2,1H3,(H,26,29). The smallest absolute Gasteiger partial charge is 0.259 e. The number of carbonyl (C=O) groups excluding carboxylic acids is 2. The van der Waals surface area contributed by atoms with Crippen LogP contribution in [-0.2, 0) is 17.8 Å². The lowest BCUT2D eigenvalue weighted by Gasteiger charge is -2.44. The molecule has 0 saturated heterocycles. The summed E-state index contributed by atoms with van der Waals surface area (Å²) in [5, 5.41) is 3.65. The highest BCUT2D eigenvalue weighted by Crippen LogP contribution is 2.35. The fraction of sp³-hybridized carbons (Fsp3) is 0.167. The van der Waals surface area contributed by atoms with Crippen molar-refractivity contribution in [3.8, 4) is 0 Å². The van der Waals surface area contributed by atoms with Crippen molar-refractivity contribution in [3.63, 3.8) is 0 Å². The number of halogens is 1. The summed E-state index contributed by atoms with van der Waals surface area (Å²) in [6, 6.07) is 24.2. The molecule has 3 aromatic rings. The van der Waals surface area contributed by atoms with Crippen LogP contribution in [0.1, 0.15) is 28.4 Å². The van der Waals surface area contributed by atoms with Gasteiger partial charge in [-0.25, -0.2) is 0 Å². The van der Waals surface area contributed by atoms with Crippen molar-refractivity contribution in [3.05, 3.63) is 101 Å². The van der Waals surface area contributed by atoms with Crippen LogP contribution in [0, 0.1) is 0 Å².